The molecule has 3 aliphatic rings. The van der Waals surface area contributed by atoms with E-state index in [1.807, 2.05) is 36.6 Å². The summed E-state index contributed by atoms with van der Waals surface area (Å²) in [7, 11) is 0. The van der Waals surface area contributed by atoms with Crippen LogP contribution in [0.4, 0.5) is 5.82 Å². The number of nitrogens with zero attached hydrogens (tertiary/aromatic N) is 2. The molecule has 9 nitrogen and oxygen atoms in total. The third-order valence-electron chi connectivity index (χ3n) is 7.77. The number of ether oxygens (including phenoxy) is 3. The molecule has 2 unspecified atom stereocenters. The Labute approximate surface area is 240 Å². The number of rotatable bonds is 9. The predicted molar refractivity (Wildman–Crippen MR) is 156 cm³/mol. The molecule has 2 aromatic rings. The third kappa shape index (κ3) is 5.82. The highest BCUT2D eigenvalue weighted by Crippen LogP contribution is 2.30. The normalized spacial score (nSPS) is 21.8. The molecule has 4 heterocycles. The Bertz CT molecular complexity index is 1450. The van der Waals surface area contributed by atoms with Crippen LogP contribution in [-0.2, 0) is 38.6 Å². The Hall–Kier alpha value is -4.21. The van der Waals surface area contributed by atoms with Crippen molar-refractivity contribution in [1.82, 2.24) is 4.90 Å². The average Bonchev–Trinajstić information content (AvgIpc) is 3.50. The molecule has 0 aliphatic carbocycles. The molecule has 214 valence electrons. The highest BCUT2D eigenvalue weighted by atomic mass is 16.5. The maximum Gasteiger partial charge on any atom is 0.345 e. The van der Waals surface area contributed by atoms with Crippen molar-refractivity contribution >= 4 is 23.6 Å². The van der Waals surface area contributed by atoms with Crippen molar-refractivity contribution in [3.63, 3.8) is 0 Å². The number of carboxylic acids is 1. The molecular weight excluding hydrogens is 520 g/mol. The minimum atomic E-state index is -1.24. The Balaban J connectivity index is 1.40. The first-order chi connectivity index (χ1) is 19.8. The molecule has 1 fully saturated rings. The van der Waals surface area contributed by atoms with Crippen molar-refractivity contribution in [3.05, 3.63) is 101 Å². The quantitative estimate of drug-likeness (QED) is 0.135. The van der Waals surface area contributed by atoms with Gasteiger partial charge in [-0.15, -0.1) is 0 Å². The van der Waals surface area contributed by atoms with Gasteiger partial charge in [0.15, 0.2) is 5.57 Å². The van der Waals surface area contributed by atoms with E-state index in [-0.39, 0.29) is 11.5 Å². The smallest absolute Gasteiger partial charge is 0.345 e. The minimum Gasteiger partial charge on any atom is -0.488 e. The number of hydrogen-bond acceptors (Lipinski definition) is 7. The monoisotopic (exact) mass is 557 g/mol. The minimum absolute atomic E-state index is 0.0183. The predicted octanol–water partition coefficient (Wildman–Crippen LogP) is 4.72. The molecule has 1 aromatic heterocycles. The fraction of sp³-hybridized carbons (Fsp3) is 0.344. The van der Waals surface area contributed by atoms with E-state index in [0.717, 1.165) is 67.8 Å². The van der Waals surface area contributed by atoms with Crippen LogP contribution in [0.3, 0.4) is 0 Å². The number of aliphatic carboxylic acids is 1. The lowest BCUT2D eigenvalue weighted by molar-refractivity contribution is -0.750. The molecule has 0 radical (unpaired) electrons. The van der Waals surface area contributed by atoms with Crippen LogP contribution in [0.25, 0.3) is 5.57 Å². The number of carbonyl (C=O) groups is 1. The molecule has 3 N–H and O–H groups in total. The van der Waals surface area contributed by atoms with Gasteiger partial charge in [0, 0.05) is 44.9 Å². The standard InChI is InChI=1S/C32H36N4O5/c1-5-26(28-7-6-8-29-34-31(27(16-33)32(37)38)41-21(4)36(28)29)30(20(2)3)40-18-22-9-10-24-17-35(13-11-23(24)15-22)25-12-14-39-19-25/h5-10,15-16,21,25,33H,1-2,11-14,17-19H2,3-4H3,(H,37,38)/p+1/b30-26-,31-27-,33-16?. The lowest BCUT2D eigenvalue weighted by atomic mass is 9.96. The van der Waals surface area contributed by atoms with E-state index in [1.54, 1.807) is 6.08 Å². The van der Waals surface area contributed by atoms with Crippen LogP contribution in [0.2, 0.25) is 0 Å². The molecule has 2 atom stereocenters. The van der Waals surface area contributed by atoms with Gasteiger partial charge in [-0.05, 0) is 54.2 Å². The Kier molecular flexibility index (Phi) is 8.37. The first kappa shape index (κ1) is 28.3. The van der Waals surface area contributed by atoms with Crippen LogP contribution < -0.4 is 9.88 Å². The first-order valence-corrected chi connectivity index (χ1v) is 13.8. The van der Waals surface area contributed by atoms with Crippen molar-refractivity contribution in [2.45, 2.75) is 52.1 Å². The molecule has 5 rings (SSSR count). The molecular formula is C32H37N4O5+. The molecule has 1 aromatic carbocycles. The molecule has 1 saturated heterocycles. The summed E-state index contributed by atoms with van der Waals surface area (Å²) in [6, 6.07) is 12.7. The number of carboxylic acid groups (broad SMARTS) is 1. The van der Waals surface area contributed by atoms with Gasteiger partial charge in [-0.2, -0.15) is 4.57 Å². The third-order valence-corrected chi connectivity index (χ3v) is 7.77. The summed E-state index contributed by atoms with van der Waals surface area (Å²) in [5, 5.41) is 20.0. The van der Waals surface area contributed by atoms with Gasteiger partial charge in [0.05, 0.1) is 12.2 Å². The van der Waals surface area contributed by atoms with Gasteiger partial charge in [-0.25, -0.2) is 10.1 Å². The van der Waals surface area contributed by atoms with E-state index >= 15 is 0 Å². The summed E-state index contributed by atoms with van der Waals surface area (Å²) in [4.78, 5) is 14.1. The number of benzene rings is 1. The summed E-state index contributed by atoms with van der Waals surface area (Å²) in [5.74, 6) is 0.00655. The van der Waals surface area contributed by atoms with E-state index < -0.39 is 12.2 Å². The van der Waals surface area contributed by atoms with Crippen LogP contribution in [0, 0.1) is 5.41 Å². The lowest BCUT2D eigenvalue weighted by Crippen LogP contribution is -2.49. The SMILES string of the molecule is C=C/C(=C(/OCc1ccc2c(c1)CCN(C1CCOC1)C2)C(=C)C)c1cccc2[n+]1C(C)O/C(=C(/C=N)C(=O)O)N2. The fourth-order valence-electron chi connectivity index (χ4n) is 5.70. The number of hydrogen-bond donors (Lipinski definition) is 3. The first-order valence-electron chi connectivity index (χ1n) is 13.8. The second-order valence-electron chi connectivity index (χ2n) is 10.6. The van der Waals surface area contributed by atoms with Crippen LogP contribution in [0.5, 0.6) is 0 Å². The molecule has 41 heavy (non-hydrogen) atoms. The van der Waals surface area contributed by atoms with Crippen molar-refractivity contribution in [3.8, 4) is 0 Å². The number of anilines is 1. The summed E-state index contributed by atoms with van der Waals surface area (Å²) in [6.07, 6.45) is 4.05. The van der Waals surface area contributed by atoms with Gasteiger partial charge in [0.25, 0.3) is 5.82 Å². The van der Waals surface area contributed by atoms with Crippen LogP contribution >= 0.6 is 0 Å². The molecule has 0 bridgehead atoms. The van der Waals surface area contributed by atoms with Gasteiger partial charge in [0.2, 0.25) is 6.23 Å². The second kappa shape index (κ2) is 12.1. The highest BCUT2D eigenvalue weighted by molar-refractivity contribution is 6.08. The van der Waals surface area contributed by atoms with Gasteiger partial charge in [0.1, 0.15) is 18.1 Å². The summed E-state index contributed by atoms with van der Waals surface area (Å²) >= 11 is 0. The zero-order valence-corrected chi connectivity index (χ0v) is 23.6. The van der Waals surface area contributed by atoms with Crippen molar-refractivity contribution in [2.75, 3.05) is 25.1 Å². The molecule has 0 amide bonds. The zero-order valence-electron chi connectivity index (χ0n) is 23.6. The van der Waals surface area contributed by atoms with Crippen LogP contribution in [-0.4, -0.2) is 48.0 Å². The highest BCUT2D eigenvalue weighted by Gasteiger charge is 2.34. The Morgan fingerprint density at radius 2 is 2.15 bits per heavy atom. The summed E-state index contributed by atoms with van der Waals surface area (Å²) in [5.41, 5.74) is 5.82. The number of allylic oxidation sites excluding steroid dienone is 3. The average molecular weight is 558 g/mol. The molecule has 9 heteroatoms. The van der Waals surface area contributed by atoms with Crippen molar-refractivity contribution in [1.29, 1.82) is 5.41 Å². The number of aromatic nitrogens is 1. The Morgan fingerprint density at radius 3 is 2.83 bits per heavy atom. The molecule has 3 aliphatic heterocycles. The maximum absolute atomic E-state index is 11.6. The van der Waals surface area contributed by atoms with Gasteiger partial charge < -0.3 is 24.7 Å². The van der Waals surface area contributed by atoms with Crippen molar-refractivity contribution in [2.24, 2.45) is 0 Å². The zero-order chi connectivity index (χ0) is 29.1. The van der Waals surface area contributed by atoms with Gasteiger partial charge >= 0.3 is 11.9 Å². The molecule has 0 saturated carbocycles. The van der Waals surface area contributed by atoms with Gasteiger partial charge in [-0.3, -0.25) is 4.90 Å². The Morgan fingerprint density at radius 1 is 1.32 bits per heavy atom. The maximum atomic E-state index is 11.6. The van der Waals surface area contributed by atoms with E-state index in [2.05, 4.69) is 41.6 Å². The van der Waals surface area contributed by atoms with Crippen LogP contribution in [0.15, 0.2) is 78.4 Å². The van der Waals surface area contributed by atoms with E-state index in [1.165, 1.54) is 11.1 Å². The second-order valence-corrected chi connectivity index (χ2v) is 10.6. The largest absolute Gasteiger partial charge is 0.488 e. The topological polar surface area (TPSA) is 108 Å². The number of pyridine rings is 1. The number of nitrogens with one attached hydrogen (secondary N) is 2. The fourth-order valence-corrected chi connectivity index (χ4v) is 5.70. The van der Waals surface area contributed by atoms with E-state index in [9.17, 15) is 9.90 Å². The summed E-state index contributed by atoms with van der Waals surface area (Å²) in [6.45, 7) is 16.0. The van der Waals surface area contributed by atoms with Crippen molar-refractivity contribution < 1.29 is 28.7 Å². The number of fused-ring (bicyclic) bond motifs is 2. The van der Waals surface area contributed by atoms with Crippen LogP contribution in [0.1, 0.15) is 48.9 Å². The van der Waals surface area contributed by atoms with E-state index in [4.69, 9.17) is 19.6 Å². The molecule has 0 spiro atoms. The lowest BCUT2D eigenvalue weighted by Gasteiger charge is -2.33. The van der Waals surface area contributed by atoms with E-state index in [0.29, 0.717) is 24.2 Å². The summed E-state index contributed by atoms with van der Waals surface area (Å²) < 4.78 is 19.8. The van der Waals surface area contributed by atoms with Gasteiger partial charge in [-0.1, -0.05) is 37.4 Å².